The van der Waals surface area contributed by atoms with Crippen molar-refractivity contribution in [3.05, 3.63) is 46.5 Å². The Bertz CT molecular complexity index is 665. The number of nitrogens with zero attached hydrogens (tertiary/aromatic N) is 2. The molecule has 1 amide bonds. The van der Waals surface area contributed by atoms with Gasteiger partial charge in [0.05, 0.1) is 16.9 Å². The van der Waals surface area contributed by atoms with Crippen LogP contribution >= 0.6 is 11.6 Å². The van der Waals surface area contributed by atoms with E-state index in [1.165, 1.54) is 16.8 Å². The van der Waals surface area contributed by atoms with Gasteiger partial charge in [0, 0.05) is 6.54 Å². The molecule has 0 spiro atoms. The number of carbonyl (C=O) groups is 1. The van der Waals surface area contributed by atoms with Crippen LogP contribution in [0.25, 0.3) is 5.69 Å². The number of aromatic nitrogens is 2. The topological polar surface area (TPSA) is 46.9 Å². The van der Waals surface area contributed by atoms with E-state index in [9.17, 15) is 9.18 Å². The number of carbonyl (C=O) groups excluding carboxylic acids is 1. The van der Waals surface area contributed by atoms with Crippen LogP contribution in [-0.2, 0) is 0 Å². The van der Waals surface area contributed by atoms with Crippen molar-refractivity contribution in [2.45, 2.75) is 27.2 Å². The first-order valence-corrected chi connectivity index (χ1v) is 7.57. The van der Waals surface area contributed by atoms with E-state index >= 15 is 0 Å². The summed E-state index contributed by atoms with van der Waals surface area (Å²) in [5.74, 6) is -0.0641. The van der Waals surface area contributed by atoms with Crippen LogP contribution < -0.4 is 5.32 Å². The molecular weight excluding hydrogens is 305 g/mol. The molecule has 0 aliphatic carbocycles. The maximum absolute atomic E-state index is 13.0. The molecule has 4 nitrogen and oxygen atoms in total. The van der Waals surface area contributed by atoms with Gasteiger partial charge in [0.1, 0.15) is 11.0 Å². The van der Waals surface area contributed by atoms with Gasteiger partial charge in [-0.2, -0.15) is 5.10 Å². The van der Waals surface area contributed by atoms with Crippen molar-refractivity contribution in [3.63, 3.8) is 0 Å². The highest BCUT2D eigenvalue weighted by Gasteiger charge is 2.20. The number of benzene rings is 1. The fourth-order valence-corrected chi connectivity index (χ4v) is 2.43. The summed E-state index contributed by atoms with van der Waals surface area (Å²) in [4.78, 5) is 12.3. The zero-order valence-corrected chi connectivity index (χ0v) is 13.6. The van der Waals surface area contributed by atoms with E-state index in [0.29, 0.717) is 29.4 Å². The number of rotatable bonds is 5. The van der Waals surface area contributed by atoms with E-state index in [0.717, 1.165) is 6.42 Å². The largest absolute Gasteiger partial charge is 0.352 e. The standard InChI is InChI=1S/C16H19ClFN3O/c1-10(2)8-9-19-16(22)14-11(3)20-21(15(14)17)13-6-4-12(18)5-7-13/h4-7,10H,8-9H2,1-3H3,(H,19,22). The van der Waals surface area contributed by atoms with Crippen molar-refractivity contribution in [1.82, 2.24) is 15.1 Å². The maximum Gasteiger partial charge on any atom is 0.256 e. The van der Waals surface area contributed by atoms with Gasteiger partial charge >= 0.3 is 0 Å². The summed E-state index contributed by atoms with van der Waals surface area (Å²) in [7, 11) is 0. The number of hydrogen-bond donors (Lipinski definition) is 1. The Morgan fingerprint density at radius 2 is 2.00 bits per heavy atom. The molecule has 0 atom stereocenters. The van der Waals surface area contributed by atoms with Crippen LogP contribution in [-0.4, -0.2) is 22.2 Å². The van der Waals surface area contributed by atoms with Crippen LogP contribution in [0, 0.1) is 18.7 Å². The number of amides is 1. The SMILES string of the molecule is Cc1nn(-c2ccc(F)cc2)c(Cl)c1C(=O)NCCC(C)C. The number of halogens is 2. The molecule has 0 unspecified atom stereocenters. The molecule has 0 bridgehead atoms. The second kappa shape index (κ2) is 6.92. The van der Waals surface area contributed by atoms with E-state index < -0.39 is 0 Å². The second-order valence-electron chi connectivity index (χ2n) is 5.58. The first-order chi connectivity index (χ1) is 10.4. The maximum atomic E-state index is 13.0. The second-order valence-corrected chi connectivity index (χ2v) is 5.94. The molecule has 0 aliphatic rings. The monoisotopic (exact) mass is 323 g/mol. The molecule has 1 heterocycles. The van der Waals surface area contributed by atoms with Gasteiger partial charge in [-0.05, 0) is 43.5 Å². The smallest absolute Gasteiger partial charge is 0.256 e. The molecular formula is C16H19ClFN3O. The van der Waals surface area contributed by atoms with E-state index in [1.807, 2.05) is 0 Å². The first kappa shape index (κ1) is 16.5. The van der Waals surface area contributed by atoms with Gasteiger partial charge in [0.2, 0.25) is 0 Å². The Balaban J connectivity index is 2.23. The van der Waals surface area contributed by atoms with Gasteiger partial charge in [-0.15, -0.1) is 0 Å². The molecule has 2 rings (SSSR count). The summed E-state index contributed by atoms with van der Waals surface area (Å²) in [5, 5.41) is 7.35. The number of nitrogens with one attached hydrogen (secondary N) is 1. The van der Waals surface area contributed by atoms with Crippen molar-refractivity contribution in [2.24, 2.45) is 5.92 Å². The fraction of sp³-hybridized carbons (Fsp3) is 0.375. The van der Waals surface area contributed by atoms with Gasteiger partial charge in [0.15, 0.2) is 0 Å². The Hall–Kier alpha value is -1.88. The molecule has 1 N–H and O–H groups in total. The van der Waals surface area contributed by atoms with E-state index in [2.05, 4.69) is 24.3 Å². The molecule has 0 aliphatic heterocycles. The van der Waals surface area contributed by atoms with Crippen molar-refractivity contribution < 1.29 is 9.18 Å². The van der Waals surface area contributed by atoms with Gasteiger partial charge in [0.25, 0.3) is 5.91 Å². The Morgan fingerprint density at radius 1 is 1.36 bits per heavy atom. The zero-order valence-electron chi connectivity index (χ0n) is 12.9. The molecule has 6 heteroatoms. The lowest BCUT2D eigenvalue weighted by Gasteiger charge is -2.07. The lowest BCUT2D eigenvalue weighted by molar-refractivity contribution is 0.0951. The van der Waals surface area contributed by atoms with Gasteiger partial charge < -0.3 is 5.32 Å². The lowest BCUT2D eigenvalue weighted by Crippen LogP contribution is -2.25. The predicted octanol–water partition coefficient (Wildman–Crippen LogP) is 3.75. The molecule has 0 saturated carbocycles. The van der Waals surface area contributed by atoms with Crippen LogP contribution in [0.1, 0.15) is 36.3 Å². The Kier molecular flexibility index (Phi) is 5.19. The normalized spacial score (nSPS) is 11.0. The van der Waals surface area contributed by atoms with Crippen LogP contribution in [0.4, 0.5) is 4.39 Å². The molecule has 22 heavy (non-hydrogen) atoms. The highest BCUT2D eigenvalue weighted by Crippen LogP contribution is 2.23. The van der Waals surface area contributed by atoms with Gasteiger partial charge in [-0.25, -0.2) is 9.07 Å². The van der Waals surface area contributed by atoms with Crippen LogP contribution in [0.3, 0.4) is 0 Å². The van der Waals surface area contributed by atoms with Crippen molar-refractivity contribution in [2.75, 3.05) is 6.54 Å². The molecule has 2 aromatic rings. The number of hydrogen-bond acceptors (Lipinski definition) is 2. The number of aryl methyl sites for hydroxylation is 1. The van der Waals surface area contributed by atoms with Crippen LogP contribution in [0.5, 0.6) is 0 Å². The van der Waals surface area contributed by atoms with Crippen molar-refractivity contribution in [3.8, 4) is 5.69 Å². The molecule has 0 radical (unpaired) electrons. The highest BCUT2D eigenvalue weighted by atomic mass is 35.5. The van der Waals surface area contributed by atoms with E-state index in [4.69, 9.17) is 11.6 Å². The summed E-state index contributed by atoms with van der Waals surface area (Å²) < 4.78 is 14.4. The summed E-state index contributed by atoms with van der Waals surface area (Å²) in [5.41, 5.74) is 1.50. The van der Waals surface area contributed by atoms with E-state index in [-0.39, 0.29) is 16.9 Å². The summed E-state index contributed by atoms with van der Waals surface area (Å²) in [6.45, 7) is 6.51. The third-order valence-electron chi connectivity index (χ3n) is 3.31. The Morgan fingerprint density at radius 3 is 2.59 bits per heavy atom. The summed E-state index contributed by atoms with van der Waals surface area (Å²) in [6, 6.07) is 5.78. The summed E-state index contributed by atoms with van der Waals surface area (Å²) in [6.07, 6.45) is 0.897. The van der Waals surface area contributed by atoms with Crippen LogP contribution in [0.15, 0.2) is 24.3 Å². The molecule has 118 valence electrons. The van der Waals surface area contributed by atoms with Crippen LogP contribution in [0.2, 0.25) is 5.15 Å². The molecule has 0 saturated heterocycles. The van der Waals surface area contributed by atoms with Crippen molar-refractivity contribution in [1.29, 1.82) is 0 Å². The predicted molar refractivity (Wildman–Crippen MR) is 85.1 cm³/mol. The third-order valence-corrected chi connectivity index (χ3v) is 3.66. The Labute approximate surface area is 134 Å². The minimum atomic E-state index is -0.338. The fourth-order valence-electron chi connectivity index (χ4n) is 2.07. The van der Waals surface area contributed by atoms with Gasteiger partial charge in [-0.1, -0.05) is 25.4 Å². The first-order valence-electron chi connectivity index (χ1n) is 7.19. The molecule has 1 aromatic heterocycles. The minimum Gasteiger partial charge on any atom is -0.352 e. The minimum absolute atomic E-state index is 0.228. The van der Waals surface area contributed by atoms with Crippen molar-refractivity contribution >= 4 is 17.5 Å². The summed E-state index contributed by atoms with van der Waals surface area (Å²) >= 11 is 6.29. The third kappa shape index (κ3) is 3.65. The highest BCUT2D eigenvalue weighted by molar-refractivity contribution is 6.33. The average Bonchev–Trinajstić information content (AvgIpc) is 2.74. The zero-order chi connectivity index (χ0) is 16.3. The lowest BCUT2D eigenvalue weighted by atomic mass is 10.1. The van der Waals surface area contributed by atoms with E-state index in [1.54, 1.807) is 19.1 Å². The molecule has 1 aromatic carbocycles. The quantitative estimate of drug-likeness (QED) is 0.911. The molecule has 0 fully saturated rings. The van der Waals surface area contributed by atoms with Gasteiger partial charge in [-0.3, -0.25) is 4.79 Å². The average molecular weight is 324 g/mol.